The van der Waals surface area contributed by atoms with Crippen molar-refractivity contribution < 1.29 is 19.3 Å². The predicted molar refractivity (Wildman–Crippen MR) is 81.3 cm³/mol. The quantitative estimate of drug-likeness (QED) is 0.802. The van der Waals surface area contributed by atoms with Gasteiger partial charge in [-0.05, 0) is 24.0 Å². The van der Waals surface area contributed by atoms with E-state index in [2.05, 4.69) is 5.32 Å². The molecule has 0 bridgehead atoms. The highest BCUT2D eigenvalue weighted by atomic mass is 32.2. The normalized spacial score (nSPS) is 24.3. The molecule has 5 nitrogen and oxygen atoms in total. The SMILES string of the molecule is CSc1cc2c(cc1CNCC1(O)CCOC1)OCCO2. The number of nitrogens with one attached hydrogen (secondary N) is 1. The second-order valence-electron chi connectivity index (χ2n) is 5.44. The molecule has 1 fully saturated rings. The van der Waals surface area contributed by atoms with Crippen molar-refractivity contribution in [1.29, 1.82) is 0 Å². The van der Waals surface area contributed by atoms with Crippen LogP contribution in [0.1, 0.15) is 12.0 Å². The molecule has 0 spiro atoms. The molecule has 2 aliphatic rings. The van der Waals surface area contributed by atoms with E-state index >= 15 is 0 Å². The summed E-state index contributed by atoms with van der Waals surface area (Å²) in [6.45, 7) is 3.47. The van der Waals surface area contributed by atoms with Gasteiger partial charge in [-0.2, -0.15) is 0 Å². The van der Waals surface area contributed by atoms with Gasteiger partial charge in [0.1, 0.15) is 18.8 Å². The van der Waals surface area contributed by atoms with Crippen LogP contribution in [0.5, 0.6) is 11.5 Å². The van der Waals surface area contributed by atoms with Crippen molar-refractivity contribution in [3.8, 4) is 11.5 Å². The standard InChI is InChI=1S/C15H21NO4S/c1-21-14-7-13-12(19-4-5-20-13)6-11(14)8-16-9-15(17)2-3-18-10-15/h6-7,16-17H,2-5,8-10H2,1H3. The molecular formula is C15H21NO4S. The molecule has 0 aromatic heterocycles. The van der Waals surface area contributed by atoms with Crippen molar-refractivity contribution in [1.82, 2.24) is 5.32 Å². The van der Waals surface area contributed by atoms with Gasteiger partial charge in [0.25, 0.3) is 0 Å². The number of hydrogen-bond acceptors (Lipinski definition) is 6. The van der Waals surface area contributed by atoms with E-state index in [1.807, 2.05) is 18.4 Å². The van der Waals surface area contributed by atoms with Crippen LogP contribution >= 0.6 is 11.8 Å². The Kier molecular flexibility index (Phi) is 4.59. The van der Waals surface area contributed by atoms with Gasteiger partial charge in [0.05, 0.1) is 6.61 Å². The summed E-state index contributed by atoms with van der Waals surface area (Å²) < 4.78 is 16.5. The average Bonchev–Trinajstić information content (AvgIpc) is 2.93. The highest BCUT2D eigenvalue weighted by Crippen LogP contribution is 2.36. The topological polar surface area (TPSA) is 60.0 Å². The fourth-order valence-corrected chi connectivity index (χ4v) is 3.22. The molecule has 1 aromatic rings. The summed E-state index contributed by atoms with van der Waals surface area (Å²) in [6.07, 6.45) is 2.74. The van der Waals surface area contributed by atoms with Crippen molar-refractivity contribution in [3.05, 3.63) is 17.7 Å². The number of fused-ring (bicyclic) bond motifs is 1. The number of aliphatic hydroxyl groups is 1. The average molecular weight is 311 g/mol. The third kappa shape index (κ3) is 3.45. The third-order valence-electron chi connectivity index (χ3n) is 3.80. The molecule has 2 N–H and O–H groups in total. The molecule has 3 rings (SSSR count). The Morgan fingerprint density at radius 1 is 1.24 bits per heavy atom. The molecule has 0 radical (unpaired) electrons. The number of benzene rings is 1. The fourth-order valence-electron chi connectivity index (χ4n) is 2.61. The van der Waals surface area contributed by atoms with Crippen molar-refractivity contribution in [3.63, 3.8) is 0 Å². The first-order chi connectivity index (χ1) is 10.2. The highest BCUT2D eigenvalue weighted by Gasteiger charge is 2.31. The van der Waals surface area contributed by atoms with E-state index in [1.54, 1.807) is 11.8 Å². The summed E-state index contributed by atoms with van der Waals surface area (Å²) in [5.74, 6) is 1.62. The van der Waals surface area contributed by atoms with Gasteiger partial charge in [0.15, 0.2) is 11.5 Å². The van der Waals surface area contributed by atoms with E-state index in [9.17, 15) is 5.11 Å². The first-order valence-electron chi connectivity index (χ1n) is 7.17. The van der Waals surface area contributed by atoms with Gasteiger partial charge < -0.3 is 24.6 Å². The zero-order valence-corrected chi connectivity index (χ0v) is 13.0. The van der Waals surface area contributed by atoms with Crippen molar-refractivity contribution in [2.24, 2.45) is 0 Å². The minimum atomic E-state index is -0.729. The van der Waals surface area contributed by atoms with E-state index < -0.39 is 5.60 Å². The van der Waals surface area contributed by atoms with E-state index in [-0.39, 0.29) is 0 Å². The number of ether oxygens (including phenoxy) is 3. The Bertz CT molecular complexity index is 503. The molecule has 2 aliphatic heterocycles. The lowest BCUT2D eigenvalue weighted by molar-refractivity contribution is 0.0268. The van der Waals surface area contributed by atoms with Crippen LogP contribution in [0.2, 0.25) is 0 Å². The van der Waals surface area contributed by atoms with Gasteiger partial charge in [-0.25, -0.2) is 0 Å². The smallest absolute Gasteiger partial charge is 0.162 e. The van der Waals surface area contributed by atoms with Crippen molar-refractivity contribution in [2.75, 3.05) is 39.2 Å². The van der Waals surface area contributed by atoms with E-state index in [4.69, 9.17) is 14.2 Å². The van der Waals surface area contributed by atoms with Gasteiger partial charge in [-0.3, -0.25) is 0 Å². The molecule has 0 amide bonds. The maximum Gasteiger partial charge on any atom is 0.162 e. The van der Waals surface area contributed by atoms with E-state index in [0.29, 0.717) is 45.9 Å². The zero-order valence-electron chi connectivity index (χ0n) is 12.2. The molecule has 0 saturated carbocycles. The molecule has 1 unspecified atom stereocenters. The van der Waals surface area contributed by atoms with Gasteiger partial charge in [-0.1, -0.05) is 0 Å². The Balaban J connectivity index is 1.66. The fraction of sp³-hybridized carbons (Fsp3) is 0.600. The minimum Gasteiger partial charge on any atom is -0.486 e. The minimum absolute atomic E-state index is 0.413. The summed E-state index contributed by atoms with van der Waals surface area (Å²) in [5, 5.41) is 13.6. The van der Waals surface area contributed by atoms with Crippen molar-refractivity contribution >= 4 is 11.8 Å². The summed E-state index contributed by atoms with van der Waals surface area (Å²) in [4.78, 5) is 1.17. The maximum atomic E-state index is 10.3. The Labute approximate surface area is 129 Å². The van der Waals surface area contributed by atoms with E-state index in [0.717, 1.165) is 17.1 Å². The Morgan fingerprint density at radius 2 is 2.00 bits per heavy atom. The number of rotatable bonds is 5. The maximum absolute atomic E-state index is 10.3. The van der Waals surface area contributed by atoms with Gasteiger partial charge in [0.2, 0.25) is 0 Å². The predicted octanol–water partition coefficient (Wildman–Crippen LogP) is 1.42. The van der Waals surface area contributed by atoms with Crippen LogP contribution in [0.3, 0.4) is 0 Å². The van der Waals surface area contributed by atoms with Crippen LogP contribution in [-0.2, 0) is 11.3 Å². The van der Waals surface area contributed by atoms with Crippen LogP contribution < -0.4 is 14.8 Å². The second kappa shape index (κ2) is 6.44. The molecule has 116 valence electrons. The molecule has 1 atom stereocenters. The lowest BCUT2D eigenvalue weighted by Gasteiger charge is -2.23. The second-order valence-corrected chi connectivity index (χ2v) is 6.29. The molecule has 2 heterocycles. The lowest BCUT2D eigenvalue weighted by Crippen LogP contribution is -2.40. The third-order valence-corrected chi connectivity index (χ3v) is 4.62. The van der Waals surface area contributed by atoms with Gasteiger partial charge in [0, 0.05) is 31.0 Å². The molecule has 21 heavy (non-hydrogen) atoms. The molecule has 1 aromatic carbocycles. The van der Waals surface area contributed by atoms with Crippen LogP contribution in [0.4, 0.5) is 0 Å². The molecular weight excluding hydrogens is 290 g/mol. The van der Waals surface area contributed by atoms with Crippen LogP contribution in [0.15, 0.2) is 17.0 Å². The monoisotopic (exact) mass is 311 g/mol. The molecule has 6 heteroatoms. The molecule has 0 aliphatic carbocycles. The number of hydrogen-bond donors (Lipinski definition) is 2. The summed E-state index contributed by atoms with van der Waals surface area (Å²) >= 11 is 1.69. The summed E-state index contributed by atoms with van der Waals surface area (Å²) in [5.41, 5.74) is 0.433. The van der Waals surface area contributed by atoms with E-state index in [1.165, 1.54) is 4.90 Å². The Morgan fingerprint density at radius 3 is 2.67 bits per heavy atom. The van der Waals surface area contributed by atoms with Crippen LogP contribution in [-0.4, -0.2) is 49.9 Å². The molecule has 1 saturated heterocycles. The highest BCUT2D eigenvalue weighted by molar-refractivity contribution is 7.98. The summed E-state index contributed by atoms with van der Waals surface area (Å²) in [7, 11) is 0. The van der Waals surface area contributed by atoms with Crippen LogP contribution in [0, 0.1) is 0 Å². The largest absolute Gasteiger partial charge is 0.486 e. The lowest BCUT2D eigenvalue weighted by atomic mass is 10.0. The zero-order chi connectivity index (χ0) is 14.7. The summed E-state index contributed by atoms with van der Waals surface area (Å²) in [6, 6.07) is 4.06. The van der Waals surface area contributed by atoms with Gasteiger partial charge >= 0.3 is 0 Å². The number of thioether (sulfide) groups is 1. The Hall–Kier alpha value is -0.950. The van der Waals surface area contributed by atoms with Gasteiger partial charge in [-0.15, -0.1) is 11.8 Å². The first-order valence-corrected chi connectivity index (χ1v) is 8.40. The van der Waals surface area contributed by atoms with Crippen molar-refractivity contribution in [2.45, 2.75) is 23.5 Å². The first kappa shape index (κ1) is 15.0. The van der Waals surface area contributed by atoms with Crippen LogP contribution in [0.25, 0.3) is 0 Å².